The van der Waals surface area contributed by atoms with Crippen LogP contribution in [0.4, 0.5) is 5.82 Å². The maximum absolute atomic E-state index is 11.8. The van der Waals surface area contributed by atoms with Crippen molar-refractivity contribution < 1.29 is 9.53 Å². The van der Waals surface area contributed by atoms with E-state index in [4.69, 9.17) is 4.74 Å². The van der Waals surface area contributed by atoms with Gasteiger partial charge in [-0.3, -0.25) is 9.78 Å². The number of rotatable bonds is 4. The molecular formula is C16H13N3O2. The molecule has 0 aliphatic rings. The maximum Gasteiger partial charge on any atom is 0.263 e. The zero-order valence-corrected chi connectivity index (χ0v) is 11.2. The van der Waals surface area contributed by atoms with Gasteiger partial charge in [0.1, 0.15) is 11.6 Å². The van der Waals surface area contributed by atoms with Crippen molar-refractivity contribution in [2.45, 2.75) is 0 Å². The van der Waals surface area contributed by atoms with Crippen molar-refractivity contribution in [3.63, 3.8) is 0 Å². The average Bonchev–Trinajstić information content (AvgIpc) is 2.54. The van der Waals surface area contributed by atoms with Crippen LogP contribution in [0, 0.1) is 0 Å². The van der Waals surface area contributed by atoms with Gasteiger partial charge in [-0.15, -0.1) is 0 Å². The molecular weight excluding hydrogens is 266 g/mol. The van der Waals surface area contributed by atoms with Crippen molar-refractivity contribution in [1.29, 1.82) is 0 Å². The number of nitrogens with one attached hydrogen (secondary N) is 1. The van der Waals surface area contributed by atoms with Crippen molar-refractivity contribution >= 4 is 22.6 Å². The van der Waals surface area contributed by atoms with Crippen LogP contribution in [0.2, 0.25) is 0 Å². The molecule has 3 aromatic rings. The van der Waals surface area contributed by atoms with Gasteiger partial charge in [0, 0.05) is 11.6 Å². The van der Waals surface area contributed by atoms with Crippen LogP contribution in [0.5, 0.6) is 5.75 Å². The van der Waals surface area contributed by atoms with Crippen molar-refractivity contribution in [3.05, 3.63) is 60.9 Å². The Morgan fingerprint density at radius 2 is 1.95 bits per heavy atom. The second kappa shape index (κ2) is 6.00. The Morgan fingerprint density at radius 3 is 2.81 bits per heavy atom. The van der Waals surface area contributed by atoms with Crippen LogP contribution in [0.3, 0.4) is 0 Å². The molecule has 0 saturated carbocycles. The van der Waals surface area contributed by atoms with Gasteiger partial charge in [0.2, 0.25) is 0 Å². The standard InChI is InChI=1S/C16H13N3O2/c20-16(19-15-7-3-4-8-17-15)11-21-13-9-12-5-1-2-6-14(12)18-10-13/h1-10H,11H2,(H,17,19,20). The minimum atomic E-state index is -0.262. The first-order chi connectivity index (χ1) is 10.3. The fourth-order valence-electron chi connectivity index (χ4n) is 1.89. The number of fused-ring (bicyclic) bond motifs is 1. The topological polar surface area (TPSA) is 64.1 Å². The fraction of sp³-hybridized carbons (Fsp3) is 0.0625. The zero-order valence-electron chi connectivity index (χ0n) is 11.2. The molecule has 0 spiro atoms. The number of amides is 1. The van der Waals surface area contributed by atoms with Gasteiger partial charge in [-0.05, 0) is 24.3 Å². The van der Waals surface area contributed by atoms with Gasteiger partial charge in [-0.2, -0.15) is 0 Å². The minimum absolute atomic E-state index is 0.0867. The smallest absolute Gasteiger partial charge is 0.263 e. The summed E-state index contributed by atoms with van der Waals surface area (Å²) in [4.78, 5) is 20.0. The van der Waals surface area contributed by atoms with Crippen LogP contribution in [0.25, 0.3) is 10.9 Å². The first-order valence-electron chi connectivity index (χ1n) is 6.50. The summed E-state index contributed by atoms with van der Waals surface area (Å²) in [6.45, 7) is -0.0867. The van der Waals surface area contributed by atoms with Gasteiger partial charge in [0.25, 0.3) is 5.91 Å². The fourth-order valence-corrected chi connectivity index (χ4v) is 1.89. The highest BCUT2D eigenvalue weighted by atomic mass is 16.5. The Balaban J connectivity index is 1.62. The number of hydrogen-bond acceptors (Lipinski definition) is 4. The van der Waals surface area contributed by atoms with E-state index in [0.717, 1.165) is 10.9 Å². The van der Waals surface area contributed by atoms with E-state index in [2.05, 4.69) is 15.3 Å². The van der Waals surface area contributed by atoms with E-state index in [-0.39, 0.29) is 12.5 Å². The summed E-state index contributed by atoms with van der Waals surface area (Å²) >= 11 is 0. The van der Waals surface area contributed by atoms with E-state index in [0.29, 0.717) is 11.6 Å². The van der Waals surface area contributed by atoms with Crippen LogP contribution < -0.4 is 10.1 Å². The highest BCUT2D eigenvalue weighted by Crippen LogP contribution is 2.17. The zero-order chi connectivity index (χ0) is 14.5. The number of carbonyl (C=O) groups excluding carboxylic acids is 1. The van der Waals surface area contributed by atoms with E-state index in [9.17, 15) is 4.79 Å². The lowest BCUT2D eigenvalue weighted by molar-refractivity contribution is -0.118. The Hall–Kier alpha value is -2.95. The third-order valence-corrected chi connectivity index (χ3v) is 2.87. The third-order valence-electron chi connectivity index (χ3n) is 2.87. The molecule has 1 N–H and O–H groups in total. The van der Waals surface area contributed by atoms with Gasteiger partial charge in [-0.1, -0.05) is 24.3 Å². The highest BCUT2D eigenvalue weighted by molar-refractivity contribution is 5.91. The van der Waals surface area contributed by atoms with Gasteiger partial charge >= 0.3 is 0 Å². The van der Waals surface area contributed by atoms with Crippen molar-refractivity contribution in [2.24, 2.45) is 0 Å². The second-order valence-corrected chi connectivity index (χ2v) is 4.42. The van der Waals surface area contributed by atoms with Crippen LogP contribution in [-0.4, -0.2) is 22.5 Å². The third kappa shape index (κ3) is 3.33. The first kappa shape index (κ1) is 13.1. The first-order valence-corrected chi connectivity index (χ1v) is 6.50. The van der Waals surface area contributed by atoms with Gasteiger partial charge < -0.3 is 10.1 Å². The summed E-state index contributed by atoms with van der Waals surface area (Å²) in [6.07, 6.45) is 3.22. The lowest BCUT2D eigenvalue weighted by atomic mass is 10.2. The molecule has 2 aromatic heterocycles. The Labute approximate surface area is 121 Å². The number of pyridine rings is 2. The molecule has 0 bridgehead atoms. The van der Waals surface area contributed by atoms with E-state index in [1.54, 1.807) is 30.6 Å². The summed E-state index contributed by atoms with van der Waals surface area (Å²) in [6, 6.07) is 14.9. The lowest BCUT2D eigenvalue weighted by Gasteiger charge is -2.07. The molecule has 0 atom stereocenters. The predicted molar refractivity (Wildman–Crippen MR) is 80.1 cm³/mol. The minimum Gasteiger partial charge on any atom is -0.482 e. The average molecular weight is 279 g/mol. The monoisotopic (exact) mass is 279 g/mol. The van der Waals surface area contributed by atoms with Crippen molar-refractivity contribution in [3.8, 4) is 5.75 Å². The molecule has 0 radical (unpaired) electrons. The van der Waals surface area contributed by atoms with Crippen LogP contribution in [-0.2, 0) is 4.79 Å². The molecule has 1 aromatic carbocycles. The summed E-state index contributed by atoms with van der Waals surface area (Å²) in [5.41, 5.74) is 0.891. The van der Waals surface area contributed by atoms with Crippen molar-refractivity contribution in [2.75, 3.05) is 11.9 Å². The molecule has 0 aliphatic carbocycles. The molecule has 0 aliphatic heterocycles. The van der Waals surface area contributed by atoms with E-state index in [1.165, 1.54) is 0 Å². The van der Waals surface area contributed by atoms with Gasteiger partial charge in [0.15, 0.2) is 6.61 Å². The quantitative estimate of drug-likeness (QED) is 0.797. The number of benzene rings is 1. The molecule has 5 nitrogen and oxygen atoms in total. The van der Waals surface area contributed by atoms with E-state index >= 15 is 0 Å². The molecule has 2 heterocycles. The summed E-state index contributed by atoms with van der Waals surface area (Å²) < 4.78 is 5.45. The Morgan fingerprint density at radius 1 is 1.10 bits per heavy atom. The van der Waals surface area contributed by atoms with E-state index < -0.39 is 0 Å². The number of para-hydroxylation sites is 1. The molecule has 21 heavy (non-hydrogen) atoms. The summed E-state index contributed by atoms with van der Waals surface area (Å²) in [5, 5.41) is 3.63. The second-order valence-electron chi connectivity index (χ2n) is 4.42. The molecule has 1 amide bonds. The molecule has 0 fully saturated rings. The normalized spacial score (nSPS) is 10.3. The predicted octanol–water partition coefficient (Wildman–Crippen LogP) is 2.65. The Bertz CT molecular complexity index is 760. The molecule has 5 heteroatoms. The molecule has 0 saturated heterocycles. The number of carbonyl (C=O) groups is 1. The SMILES string of the molecule is O=C(COc1cnc2ccccc2c1)Nc1ccccn1. The van der Waals surface area contributed by atoms with Crippen LogP contribution >= 0.6 is 0 Å². The number of aromatic nitrogens is 2. The van der Waals surface area contributed by atoms with Crippen molar-refractivity contribution in [1.82, 2.24) is 9.97 Å². The lowest BCUT2D eigenvalue weighted by Crippen LogP contribution is -2.20. The highest BCUT2D eigenvalue weighted by Gasteiger charge is 2.05. The number of anilines is 1. The van der Waals surface area contributed by atoms with Crippen LogP contribution in [0.15, 0.2) is 60.9 Å². The number of ether oxygens (including phenoxy) is 1. The Kier molecular flexibility index (Phi) is 3.73. The van der Waals surface area contributed by atoms with Crippen LogP contribution in [0.1, 0.15) is 0 Å². The van der Waals surface area contributed by atoms with E-state index in [1.807, 2.05) is 30.3 Å². The maximum atomic E-state index is 11.8. The molecule has 0 unspecified atom stereocenters. The number of hydrogen-bond donors (Lipinski definition) is 1. The summed E-state index contributed by atoms with van der Waals surface area (Å²) in [7, 11) is 0. The molecule has 104 valence electrons. The van der Waals surface area contributed by atoms with Gasteiger partial charge in [0.05, 0.1) is 11.7 Å². The number of nitrogens with zero attached hydrogens (tertiary/aromatic N) is 2. The largest absolute Gasteiger partial charge is 0.482 e. The van der Waals surface area contributed by atoms with Gasteiger partial charge in [-0.25, -0.2) is 4.98 Å². The molecule has 3 rings (SSSR count). The summed E-state index contributed by atoms with van der Waals surface area (Å²) in [5.74, 6) is 0.800.